The first-order valence-corrected chi connectivity index (χ1v) is 8.99. The van der Waals surface area contributed by atoms with Gasteiger partial charge in [0, 0.05) is 12.8 Å². The van der Waals surface area contributed by atoms with E-state index in [4.69, 9.17) is 0 Å². The van der Waals surface area contributed by atoms with E-state index in [1.807, 2.05) is 6.92 Å². The van der Waals surface area contributed by atoms with Crippen LogP contribution in [0, 0.1) is 11.8 Å². The lowest BCUT2D eigenvalue weighted by Gasteiger charge is -2.19. The Morgan fingerprint density at radius 1 is 1.29 bits per heavy atom. The summed E-state index contributed by atoms with van der Waals surface area (Å²) in [6, 6.07) is 6.51. The van der Waals surface area contributed by atoms with Gasteiger partial charge >= 0.3 is 0 Å². The fourth-order valence-corrected chi connectivity index (χ4v) is 3.20. The SMILES string of the molecule is CC(NC(=O)C1CNCC1C)c1ccc(S(C)(=O)=O)cc1. The maximum atomic E-state index is 12.2. The molecule has 116 valence electrons. The summed E-state index contributed by atoms with van der Waals surface area (Å²) >= 11 is 0. The average Bonchev–Trinajstić information content (AvgIpc) is 2.84. The lowest BCUT2D eigenvalue weighted by atomic mass is 9.96. The average molecular weight is 310 g/mol. The highest BCUT2D eigenvalue weighted by Crippen LogP contribution is 2.20. The Morgan fingerprint density at radius 3 is 2.38 bits per heavy atom. The van der Waals surface area contributed by atoms with Crippen molar-refractivity contribution in [2.75, 3.05) is 19.3 Å². The van der Waals surface area contributed by atoms with E-state index >= 15 is 0 Å². The molecular formula is C15H22N2O3S. The molecule has 2 rings (SSSR count). The molecular weight excluding hydrogens is 288 g/mol. The molecule has 1 aliphatic heterocycles. The normalized spacial score (nSPS) is 23.8. The van der Waals surface area contributed by atoms with Crippen LogP contribution in [0.1, 0.15) is 25.5 Å². The summed E-state index contributed by atoms with van der Waals surface area (Å²) in [4.78, 5) is 12.5. The molecule has 5 nitrogen and oxygen atoms in total. The molecule has 0 bridgehead atoms. The highest BCUT2D eigenvalue weighted by molar-refractivity contribution is 7.90. The Morgan fingerprint density at radius 2 is 1.90 bits per heavy atom. The number of benzene rings is 1. The van der Waals surface area contributed by atoms with E-state index in [9.17, 15) is 13.2 Å². The predicted molar refractivity (Wildman–Crippen MR) is 81.6 cm³/mol. The zero-order valence-corrected chi connectivity index (χ0v) is 13.4. The van der Waals surface area contributed by atoms with Crippen molar-refractivity contribution in [3.63, 3.8) is 0 Å². The predicted octanol–water partition coefficient (Wildman–Crippen LogP) is 1.12. The highest BCUT2D eigenvalue weighted by atomic mass is 32.2. The topological polar surface area (TPSA) is 75.3 Å². The minimum Gasteiger partial charge on any atom is -0.349 e. The van der Waals surface area contributed by atoms with Gasteiger partial charge < -0.3 is 10.6 Å². The van der Waals surface area contributed by atoms with E-state index in [2.05, 4.69) is 17.6 Å². The molecule has 1 heterocycles. The van der Waals surface area contributed by atoms with E-state index < -0.39 is 9.84 Å². The van der Waals surface area contributed by atoms with Crippen LogP contribution in [0.5, 0.6) is 0 Å². The van der Waals surface area contributed by atoms with E-state index in [0.29, 0.717) is 17.4 Å². The third-order valence-electron chi connectivity index (χ3n) is 4.02. The van der Waals surface area contributed by atoms with Crippen LogP contribution in [0.25, 0.3) is 0 Å². The summed E-state index contributed by atoms with van der Waals surface area (Å²) in [5.74, 6) is 0.389. The lowest BCUT2D eigenvalue weighted by Crippen LogP contribution is -2.35. The molecule has 3 unspecified atom stereocenters. The first kappa shape index (κ1) is 16.0. The molecule has 1 fully saturated rings. The lowest BCUT2D eigenvalue weighted by molar-refractivity contribution is -0.126. The van der Waals surface area contributed by atoms with Crippen molar-refractivity contribution in [2.24, 2.45) is 11.8 Å². The Kier molecular flexibility index (Phi) is 4.68. The summed E-state index contributed by atoms with van der Waals surface area (Å²) < 4.78 is 22.9. The molecule has 21 heavy (non-hydrogen) atoms. The molecule has 3 atom stereocenters. The van der Waals surface area contributed by atoms with Gasteiger partial charge in [-0.2, -0.15) is 0 Å². The molecule has 0 aliphatic carbocycles. The Balaban J connectivity index is 2.03. The van der Waals surface area contributed by atoms with E-state index in [-0.39, 0.29) is 17.9 Å². The van der Waals surface area contributed by atoms with Crippen molar-refractivity contribution < 1.29 is 13.2 Å². The van der Waals surface area contributed by atoms with Gasteiger partial charge in [-0.15, -0.1) is 0 Å². The first-order valence-electron chi connectivity index (χ1n) is 7.10. The third-order valence-corrected chi connectivity index (χ3v) is 5.15. The number of rotatable bonds is 4. The zero-order chi connectivity index (χ0) is 15.6. The van der Waals surface area contributed by atoms with Gasteiger partial charge in [-0.25, -0.2) is 8.42 Å². The molecule has 6 heteroatoms. The molecule has 1 aromatic carbocycles. The van der Waals surface area contributed by atoms with Crippen molar-refractivity contribution in [1.29, 1.82) is 0 Å². The number of sulfone groups is 1. The molecule has 2 N–H and O–H groups in total. The Labute approximate surface area is 126 Å². The number of nitrogens with one attached hydrogen (secondary N) is 2. The van der Waals surface area contributed by atoms with Crippen molar-refractivity contribution >= 4 is 15.7 Å². The van der Waals surface area contributed by atoms with Crippen molar-refractivity contribution in [1.82, 2.24) is 10.6 Å². The van der Waals surface area contributed by atoms with Crippen molar-refractivity contribution in [3.05, 3.63) is 29.8 Å². The van der Waals surface area contributed by atoms with Crippen molar-refractivity contribution in [2.45, 2.75) is 24.8 Å². The zero-order valence-electron chi connectivity index (χ0n) is 12.6. The number of hydrogen-bond acceptors (Lipinski definition) is 4. The van der Waals surface area contributed by atoms with Gasteiger partial charge in [0.1, 0.15) is 0 Å². The maximum Gasteiger partial charge on any atom is 0.225 e. The largest absolute Gasteiger partial charge is 0.349 e. The van der Waals surface area contributed by atoms with Crippen LogP contribution in [0.15, 0.2) is 29.2 Å². The first-order chi connectivity index (χ1) is 9.79. The van der Waals surface area contributed by atoms with Gasteiger partial charge in [-0.05, 0) is 37.1 Å². The summed E-state index contributed by atoms with van der Waals surface area (Å²) in [5, 5.41) is 6.21. The van der Waals surface area contributed by atoms with E-state index in [0.717, 1.165) is 12.1 Å². The second kappa shape index (κ2) is 6.15. The van der Waals surface area contributed by atoms with E-state index in [1.54, 1.807) is 24.3 Å². The second-order valence-electron chi connectivity index (χ2n) is 5.81. The minimum absolute atomic E-state index is 0.00254. The minimum atomic E-state index is -3.18. The van der Waals surface area contributed by atoms with Crippen molar-refractivity contribution in [3.8, 4) is 0 Å². The number of amides is 1. The van der Waals surface area contributed by atoms with Gasteiger partial charge in [-0.1, -0.05) is 19.1 Å². The second-order valence-corrected chi connectivity index (χ2v) is 7.83. The summed E-state index contributed by atoms with van der Waals surface area (Å²) in [6.45, 7) is 5.55. The standard InChI is InChI=1S/C15H22N2O3S/c1-10-8-16-9-14(10)15(18)17-11(2)12-4-6-13(7-5-12)21(3,19)20/h4-7,10-11,14,16H,8-9H2,1-3H3,(H,17,18). The van der Waals surface area contributed by atoms with Crippen LogP contribution in [-0.4, -0.2) is 33.7 Å². The maximum absolute atomic E-state index is 12.2. The summed E-state index contributed by atoms with van der Waals surface area (Å²) in [7, 11) is -3.18. The van der Waals surface area contributed by atoms with Gasteiger partial charge in [0.25, 0.3) is 0 Å². The van der Waals surface area contributed by atoms with Gasteiger partial charge in [-0.3, -0.25) is 4.79 Å². The smallest absolute Gasteiger partial charge is 0.225 e. The van der Waals surface area contributed by atoms with Crippen LogP contribution in [0.3, 0.4) is 0 Å². The molecule has 1 amide bonds. The summed E-state index contributed by atoms with van der Waals surface area (Å²) in [6.07, 6.45) is 1.18. The summed E-state index contributed by atoms with van der Waals surface area (Å²) in [5.41, 5.74) is 0.898. The fraction of sp³-hybridized carbons (Fsp3) is 0.533. The van der Waals surface area contributed by atoms with Crippen LogP contribution < -0.4 is 10.6 Å². The molecule has 0 radical (unpaired) electrons. The highest BCUT2D eigenvalue weighted by Gasteiger charge is 2.30. The fourth-order valence-electron chi connectivity index (χ4n) is 2.57. The van der Waals surface area contributed by atoms with E-state index in [1.165, 1.54) is 6.26 Å². The van der Waals surface area contributed by atoms with Crippen LogP contribution in [0.4, 0.5) is 0 Å². The Bertz CT molecular complexity index is 610. The number of carbonyl (C=O) groups is 1. The third kappa shape index (κ3) is 3.83. The van der Waals surface area contributed by atoms with Crippen LogP contribution in [-0.2, 0) is 14.6 Å². The number of hydrogen-bond donors (Lipinski definition) is 2. The van der Waals surface area contributed by atoms with Crippen LogP contribution >= 0.6 is 0 Å². The monoisotopic (exact) mass is 310 g/mol. The number of carbonyl (C=O) groups excluding carboxylic acids is 1. The van der Waals surface area contributed by atoms with Gasteiger partial charge in [0.15, 0.2) is 9.84 Å². The molecule has 0 aromatic heterocycles. The van der Waals surface area contributed by atoms with Gasteiger partial charge in [0.2, 0.25) is 5.91 Å². The quantitative estimate of drug-likeness (QED) is 0.874. The molecule has 1 aromatic rings. The molecule has 1 aliphatic rings. The Hall–Kier alpha value is -1.40. The van der Waals surface area contributed by atoms with Crippen LogP contribution in [0.2, 0.25) is 0 Å². The molecule has 1 saturated heterocycles. The van der Waals surface area contributed by atoms with Gasteiger partial charge in [0.05, 0.1) is 16.9 Å². The molecule has 0 spiro atoms. The molecule has 0 saturated carbocycles.